The van der Waals surface area contributed by atoms with Gasteiger partial charge in [-0.1, -0.05) is 0 Å². The van der Waals surface area contributed by atoms with Crippen molar-refractivity contribution >= 4 is 5.69 Å². The third kappa shape index (κ3) is 1.88. The Bertz CT molecular complexity index is 550. The number of nitro groups is 1. The first kappa shape index (κ1) is 13.5. The summed E-state index contributed by atoms with van der Waals surface area (Å²) in [5.41, 5.74) is 2.78. The van der Waals surface area contributed by atoms with E-state index in [2.05, 4.69) is 0 Å². The van der Waals surface area contributed by atoms with Crippen LogP contribution < -0.4 is 15.2 Å². The average molecular weight is 274 g/mol. The van der Waals surface area contributed by atoms with Crippen LogP contribution in [0.2, 0.25) is 0 Å². The molecule has 19 heavy (non-hydrogen) atoms. The minimum Gasteiger partial charge on any atom is -0.493 e. The monoisotopic (exact) mass is 274 g/mol. The van der Waals surface area contributed by atoms with E-state index in [-0.39, 0.29) is 17.1 Å². The van der Waals surface area contributed by atoms with Gasteiger partial charge in [-0.15, -0.1) is 0 Å². The largest absolute Gasteiger partial charge is 0.493 e. The molecule has 1 fully saturated rings. The number of alkyl halides is 2. The van der Waals surface area contributed by atoms with Crippen LogP contribution in [0.5, 0.6) is 11.5 Å². The second-order valence-corrected chi connectivity index (χ2v) is 4.33. The molecule has 1 aliphatic rings. The van der Waals surface area contributed by atoms with Gasteiger partial charge in [-0.25, -0.2) is 8.78 Å². The van der Waals surface area contributed by atoms with E-state index >= 15 is 0 Å². The lowest BCUT2D eigenvalue weighted by atomic mass is 10.0. The molecule has 104 valence electrons. The van der Waals surface area contributed by atoms with Gasteiger partial charge in [-0.3, -0.25) is 10.1 Å². The van der Waals surface area contributed by atoms with E-state index in [1.165, 1.54) is 14.2 Å². The predicted molar refractivity (Wildman–Crippen MR) is 61.6 cm³/mol. The van der Waals surface area contributed by atoms with E-state index in [1.807, 2.05) is 0 Å². The summed E-state index contributed by atoms with van der Waals surface area (Å²) >= 11 is 0. The van der Waals surface area contributed by atoms with Crippen LogP contribution in [0.3, 0.4) is 0 Å². The highest BCUT2D eigenvalue weighted by Crippen LogP contribution is 2.60. The third-order valence-corrected chi connectivity index (χ3v) is 3.21. The smallest absolute Gasteiger partial charge is 0.278 e. The normalized spacial score (nSPS) is 23.8. The van der Waals surface area contributed by atoms with Crippen LogP contribution >= 0.6 is 0 Å². The van der Waals surface area contributed by atoms with Crippen LogP contribution in [0.15, 0.2) is 12.1 Å². The summed E-state index contributed by atoms with van der Waals surface area (Å²) in [6.07, 6.45) is -0.629. The van der Waals surface area contributed by atoms with Crippen molar-refractivity contribution in [3.63, 3.8) is 0 Å². The fourth-order valence-corrected chi connectivity index (χ4v) is 1.97. The Morgan fingerprint density at radius 1 is 1.32 bits per heavy atom. The van der Waals surface area contributed by atoms with E-state index in [0.29, 0.717) is 0 Å². The SMILES string of the molecule is COc1cc([N+](=O)[O-])c(C2(N)CC2(F)F)cc1OC. The molecule has 6 nitrogen and oxygen atoms in total. The number of halogens is 2. The summed E-state index contributed by atoms with van der Waals surface area (Å²) in [5, 5.41) is 11.0. The first-order chi connectivity index (χ1) is 8.76. The lowest BCUT2D eigenvalue weighted by Crippen LogP contribution is -2.28. The fraction of sp³-hybridized carbons (Fsp3) is 0.455. The summed E-state index contributed by atoms with van der Waals surface area (Å²) in [6, 6.07) is 2.18. The van der Waals surface area contributed by atoms with E-state index in [1.54, 1.807) is 0 Å². The molecule has 1 aliphatic carbocycles. The summed E-state index contributed by atoms with van der Waals surface area (Å²) in [4.78, 5) is 10.2. The van der Waals surface area contributed by atoms with Gasteiger partial charge in [0.2, 0.25) is 0 Å². The highest BCUT2D eigenvalue weighted by Gasteiger charge is 2.71. The third-order valence-electron chi connectivity index (χ3n) is 3.21. The fourth-order valence-electron chi connectivity index (χ4n) is 1.97. The zero-order valence-electron chi connectivity index (χ0n) is 10.3. The Morgan fingerprint density at radius 3 is 2.16 bits per heavy atom. The number of benzene rings is 1. The molecule has 0 aromatic heterocycles. The molecule has 0 aliphatic heterocycles. The maximum atomic E-state index is 13.3. The van der Waals surface area contributed by atoms with Gasteiger partial charge in [0, 0.05) is 6.42 Å². The standard InChI is InChI=1S/C11H12F2N2O4/c1-18-8-3-6(10(14)5-11(10,12)13)7(15(16)17)4-9(8)19-2/h3-4H,5,14H2,1-2H3. The second kappa shape index (κ2) is 4.02. The Balaban J connectivity index is 2.63. The van der Waals surface area contributed by atoms with E-state index in [4.69, 9.17) is 15.2 Å². The van der Waals surface area contributed by atoms with Crippen LogP contribution in [0.25, 0.3) is 0 Å². The summed E-state index contributed by atoms with van der Waals surface area (Å²) in [7, 11) is 2.60. The highest BCUT2D eigenvalue weighted by molar-refractivity contribution is 5.59. The van der Waals surface area contributed by atoms with Crippen LogP contribution in [-0.2, 0) is 5.54 Å². The van der Waals surface area contributed by atoms with Crippen LogP contribution in [0, 0.1) is 10.1 Å². The lowest BCUT2D eigenvalue weighted by Gasteiger charge is -2.14. The van der Waals surface area contributed by atoms with Gasteiger partial charge in [0.15, 0.2) is 11.5 Å². The summed E-state index contributed by atoms with van der Waals surface area (Å²) in [6.45, 7) is 0. The number of ether oxygens (including phenoxy) is 2. The molecule has 1 aromatic rings. The Hall–Kier alpha value is -1.96. The van der Waals surface area contributed by atoms with Crippen molar-refractivity contribution in [3.8, 4) is 11.5 Å². The minimum atomic E-state index is -3.16. The van der Waals surface area contributed by atoms with Crippen molar-refractivity contribution in [2.24, 2.45) is 5.73 Å². The number of rotatable bonds is 4. The maximum Gasteiger partial charge on any atom is 0.278 e. The molecule has 0 radical (unpaired) electrons. The van der Waals surface area contributed by atoms with Crippen molar-refractivity contribution in [3.05, 3.63) is 27.8 Å². The number of nitrogens with two attached hydrogens (primary N) is 1. The predicted octanol–water partition coefficient (Wildman–Crippen LogP) is 1.80. The zero-order valence-corrected chi connectivity index (χ0v) is 10.3. The molecule has 1 aromatic carbocycles. The number of nitro benzene ring substituents is 1. The van der Waals surface area contributed by atoms with Gasteiger partial charge in [0.05, 0.1) is 30.8 Å². The molecule has 8 heteroatoms. The molecule has 0 heterocycles. The van der Waals surface area contributed by atoms with Crippen molar-refractivity contribution in [2.45, 2.75) is 17.9 Å². The van der Waals surface area contributed by atoms with Crippen LogP contribution in [0.1, 0.15) is 12.0 Å². The van der Waals surface area contributed by atoms with Crippen molar-refractivity contribution < 1.29 is 23.2 Å². The lowest BCUT2D eigenvalue weighted by molar-refractivity contribution is -0.386. The first-order valence-electron chi connectivity index (χ1n) is 5.34. The first-order valence-corrected chi connectivity index (χ1v) is 5.34. The van der Waals surface area contributed by atoms with Crippen LogP contribution in [0.4, 0.5) is 14.5 Å². The molecule has 1 atom stereocenters. The molecule has 0 saturated heterocycles. The van der Waals surface area contributed by atoms with Crippen molar-refractivity contribution in [2.75, 3.05) is 14.2 Å². The molecule has 2 N–H and O–H groups in total. The summed E-state index contributed by atoms with van der Waals surface area (Å²) < 4.78 is 36.5. The number of methoxy groups -OCH3 is 2. The summed E-state index contributed by atoms with van der Waals surface area (Å²) in [5.74, 6) is -2.95. The number of nitrogens with zero attached hydrogens (tertiary/aromatic N) is 1. The van der Waals surface area contributed by atoms with Crippen LogP contribution in [-0.4, -0.2) is 25.1 Å². The zero-order chi connectivity index (χ0) is 14.4. The van der Waals surface area contributed by atoms with Gasteiger partial charge in [0.25, 0.3) is 11.6 Å². The van der Waals surface area contributed by atoms with Gasteiger partial charge < -0.3 is 15.2 Å². The Labute approximate surface area is 107 Å². The molecule has 1 unspecified atom stereocenters. The minimum absolute atomic E-state index is 0.0884. The molecule has 0 bridgehead atoms. The topological polar surface area (TPSA) is 87.6 Å². The van der Waals surface area contributed by atoms with Crippen molar-refractivity contribution in [1.29, 1.82) is 0 Å². The molecule has 1 saturated carbocycles. The van der Waals surface area contributed by atoms with Gasteiger partial charge >= 0.3 is 0 Å². The molecule has 0 spiro atoms. The molecule has 0 amide bonds. The van der Waals surface area contributed by atoms with E-state index in [9.17, 15) is 18.9 Å². The average Bonchev–Trinajstić information content (AvgIpc) is 2.87. The maximum absolute atomic E-state index is 13.3. The molecule has 2 rings (SSSR count). The van der Waals surface area contributed by atoms with Gasteiger partial charge in [0.1, 0.15) is 5.54 Å². The Kier molecular flexibility index (Phi) is 2.85. The quantitative estimate of drug-likeness (QED) is 0.668. The number of hydrogen-bond donors (Lipinski definition) is 1. The molecular formula is C11H12F2N2O4. The van der Waals surface area contributed by atoms with Gasteiger partial charge in [-0.2, -0.15) is 0 Å². The van der Waals surface area contributed by atoms with Crippen molar-refractivity contribution in [1.82, 2.24) is 0 Å². The highest BCUT2D eigenvalue weighted by atomic mass is 19.3. The van der Waals surface area contributed by atoms with Gasteiger partial charge in [-0.05, 0) is 6.07 Å². The van der Waals surface area contributed by atoms with E-state index in [0.717, 1.165) is 12.1 Å². The molecular weight excluding hydrogens is 262 g/mol. The second-order valence-electron chi connectivity index (χ2n) is 4.33. The van der Waals surface area contributed by atoms with E-state index < -0.39 is 28.5 Å². The Morgan fingerprint density at radius 2 is 1.79 bits per heavy atom. The number of hydrogen-bond acceptors (Lipinski definition) is 5.